The van der Waals surface area contributed by atoms with Crippen molar-refractivity contribution in [1.29, 1.82) is 0 Å². The van der Waals surface area contributed by atoms with Gasteiger partial charge in [0.25, 0.3) is 0 Å². The molecule has 164 valence electrons. The van der Waals surface area contributed by atoms with Gasteiger partial charge in [0.1, 0.15) is 5.54 Å². The lowest BCUT2D eigenvalue weighted by molar-refractivity contribution is -0.135. The SMILES string of the molecule is Cc1c(Cl)cccc1N1C(=O)[C@H]2[C@@H](C1=O)[C@]1(C(=O)Nc3c1ccc(Cl)c3C)N1CCC[C@@H]21. The van der Waals surface area contributed by atoms with E-state index >= 15 is 0 Å². The predicted molar refractivity (Wildman–Crippen MR) is 122 cm³/mol. The first-order chi connectivity index (χ1) is 15.3. The molecule has 6 rings (SSSR count). The third-order valence-electron chi connectivity index (χ3n) is 7.84. The minimum Gasteiger partial charge on any atom is -0.324 e. The molecule has 0 unspecified atom stereocenters. The fourth-order valence-electron chi connectivity index (χ4n) is 6.47. The van der Waals surface area contributed by atoms with Gasteiger partial charge in [-0.2, -0.15) is 0 Å². The highest BCUT2D eigenvalue weighted by Crippen LogP contribution is 2.61. The topological polar surface area (TPSA) is 69.7 Å². The first-order valence-corrected chi connectivity index (χ1v) is 11.6. The lowest BCUT2D eigenvalue weighted by atomic mass is 9.75. The van der Waals surface area contributed by atoms with Crippen LogP contribution in [0.5, 0.6) is 0 Å². The van der Waals surface area contributed by atoms with Gasteiger partial charge in [-0.3, -0.25) is 19.3 Å². The van der Waals surface area contributed by atoms with Gasteiger partial charge in [-0.25, -0.2) is 4.90 Å². The van der Waals surface area contributed by atoms with E-state index in [9.17, 15) is 14.4 Å². The van der Waals surface area contributed by atoms with Gasteiger partial charge in [0.15, 0.2) is 0 Å². The van der Waals surface area contributed by atoms with Gasteiger partial charge in [-0.15, -0.1) is 0 Å². The van der Waals surface area contributed by atoms with Crippen LogP contribution in [0.2, 0.25) is 10.0 Å². The maximum absolute atomic E-state index is 14.0. The second-order valence-electron chi connectivity index (χ2n) is 9.12. The number of anilines is 2. The summed E-state index contributed by atoms with van der Waals surface area (Å²) in [5.74, 6) is -2.19. The first kappa shape index (κ1) is 20.2. The second kappa shape index (κ2) is 6.56. The Balaban J connectivity index is 1.58. The number of carbonyl (C=O) groups is 3. The molecule has 4 aliphatic rings. The molecule has 4 aliphatic heterocycles. The van der Waals surface area contributed by atoms with Gasteiger partial charge < -0.3 is 5.32 Å². The quantitative estimate of drug-likeness (QED) is 0.639. The maximum atomic E-state index is 14.0. The molecule has 1 spiro atoms. The van der Waals surface area contributed by atoms with E-state index in [1.165, 1.54) is 4.90 Å². The molecule has 2 aromatic carbocycles. The average Bonchev–Trinajstić information content (AvgIpc) is 3.46. The summed E-state index contributed by atoms with van der Waals surface area (Å²) in [4.78, 5) is 44.8. The smallest absolute Gasteiger partial charge is 0.250 e. The second-order valence-corrected chi connectivity index (χ2v) is 9.93. The number of hydrogen-bond acceptors (Lipinski definition) is 4. The number of benzene rings is 2. The van der Waals surface area contributed by atoms with Crippen molar-refractivity contribution in [1.82, 2.24) is 4.90 Å². The molecule has 6 nitrogen and oxygen atoms in total. The first-order valence-electron chi connectivity index (χ1n) is 10.8. The summed E-state index contributed by atoms with van der Waals surface area (Å²) in [6.45, 7) is 4.33. The summed E-state index contributed by atoms with van der Waals surface area (Å²) in [5.41, 5.74) is 2.14. The summed E-state index contributed by atoms with van der Waals surface area (Å²) in [6.07, 6.45) is 1.65. The van der Waals surface area contributed by atoms with E-state index in [2.05, 4.69) is 10.2 Å². The largest absolute Gasteiger partial charge is 0.324 e. The average molecular weight is 470 g/mol. The lowest BCUT2D eigenvalue weighted by Gasteiger charge is -2.36. The van der Waals surface area contributed by atoms with Crippen molar-refractivity contribution in [3.8, 4) is 0 Å². The third-order valence-corrected chi connectivity index (χ3v) is 8.66. The van der Waals surface area contributed by atoms with E-state index in [0.717, 1.165) is 24.0 Å². The van der Waals surface area contributed by atoms with Crippen molar-refractivity contribution in [2.45, 2.75) is 38.3 Å². The predicted octanol–water partition coefficient (Wildman–Crippen LogP) is 4.04. The van der Waals surface area contributed by atoms with Crippen LogP contribution < -0.4 is 10.2 Å². The maximum Gasteiger partial charge on any atom is 0.250 e. The number of rotatable bonds is 1. The monoisotopic (exact) mass is 469 g/mol. The fourth-order valence-corrected chi connectivity index (χ4v) is 6.79. The fraction of sp³-hybridized carbons (Fsp3) is 0.375. The van der Waals surface area contributed by atoms with E-state index in [0.29, 0.717) is 33.5 Å². The van der Waals surface area contributed by atoms with Gasteiger partial charge >= 0.3 is 0 Å². The third kappa shape index (κ3) is 2.18. The number of imide groups is 1. The Kier molecular flexibility index (Phi) is 4.15. The summed E-state index contributed by atoms with van der Waals surface area (Å²) < 4.78 is 0. The highest BCUT2D eigenvalue weighted by molar-refractivity contribution is 6.33. The number of halogens is 2. The number of amides is 3. The van der Waals surface area contributed by atoms with Crippen LogP contribution >= 0.6 is 23.2 Å². The lowest BCUT2D eigenvalue weighted by Crippen LogP contribution is -2.54. The molecular formula is C24H21Cl2N3O3. The van der Waals surface area contributed by atoms with Crippen molar-refractivity contribution in [3.63, 3.8) is 0 Å². The molecule has 8 heteroatoms. The van der Waals surface area contributed by atoms with E-state index in [1.54, 1.807) is 31.2 Å². The molecule has 0 aliphatic carbocycles. The summed E-state index contributed by atoms with van der Waals surface area (Å²) in [5, 5.41) is 4.05. The van der Waals surface area contributed by atoms with Gasteiger partial charge in [0, 0.05) is 21.7 Å². The molecule has 1 N–H and O–H groups in total. The van der Waals surface area contributed by atoms with Crippen LogP contribution in [0.1, 0.15) is 29.5 Å². The Morgan fingerprint density at radius 3 is 2.53 bits per heavy atom. The van der Waals surface area contributed by atoms with E-state index in [4.69, 9.17) is 23.2 Å². The van der Waals surface area contributed by atoms with Crippen molar-refractivity contribution >= 4 is 52.3 Å². The molecule has 3 amide bonds. The molecule has 0 bridgehead atoms. The Morgan fingerprint density at radius 2 is 1.75 bits per heavy atom. The van der Waals surface area contributed by atoms with E-state index < -0.39 is 17.4 Å². The van der Waals surface area contributed by atoms with Crippen LogP contribution in [0, 0.1) is 25.7 Å². The number of nitrogens with one attached hydrogen (secondary N) is 1. The summed E-state index contributed by atoms with van der Waals surface area (Å²) in [7, 11) is 0. The van der Waals surface area contributed by atoms with Crippen LogP contribution in [-0.4, -0.2) is 35.2 Å². The summed E-state index contributed by atoms with van der Waals surface area (Å²) in [6, 6.07) is 8.67. The zero-order valence-corrected chi connectivity index (χ0v) is 19.1. The number of nitrogens with zero attached hydrogens (tertiary/aromatic N) is 2. The molecule has 4 atom stereocenters. The van der Waals surface area contributed by atoms with Crippen molar-refractivity contribution in [2.24, 2.45) is 11.8 Å². The van der Waals surface area contributed by atoms with Crippen molar-refractivity contribution in [3.05, 3.63) is 57.1 Å². The molecule has 0 radical (unpaired) electrons. The van der Waals surface area contributed by atoms with Crippen LogP contribution in [-0.2, 0) is 19.9 Å². The van der Waals surface area contributed by atoms with E-state index in [1.807, 2.05) is 13.0 Å². The molecule has 0 aromatic heterocycles. The zero-order valence-electron chi connectivity index (χ0n) is 17.6. The molecule has 32 heavy (non-hydrogen) atoms. The Bertz CT molecular complexity index is 1250. The molecule has 3 saturated heterocycles. The van der Waals surface area contributed by atoms with Gasteiger partial charge in [0.2, 0.25) is 17.7 Å². The number of fused-ring (bicyclic) bond motifs is 7. The molecular weight excluding hydrogens is 449 g/mol. The molecule has 2 aromatic rings. The van der Waals surface area contributed by atoms with Crippen LogP contribution in [0.3, 0.4) is 0 Å². The van der Waals surface area contributed by atoms with E-state index in [-0.39, 0.29) is 23.8 Å². The van der Waals surface area contributed by atoms with Gasteiger partial charge in [-0.05, 0) is 62.6 Å². The Hall–Kier alpha value is -2.41. The number of hydrogen-bond donors (Lipinski definition) is 1. The Labute approximate surface area is 195 Å². The number of carbonyl (C=O) groups excluding carboxylic acids is 3. The minimum absolute atomic E-state index is 0.159. The zero-order chi connectivity index (χ0) is 22.5. The Morgan fingerprint density at radius 1 is 1.00 bits per heavy atom. The van der Waals surface area contributed by atoms with Gasteiger partial charge in [-0.1, -0.05) is 35.3 Å². The molecule has 0 saturated carbocycles. The van der Waals surface area contributed by atoms with Crippen molar-refractivity contribution < 1.29 is 14.4 Å². The molecule has 4 heterocycles. The van der Waals surface area contributed by atoms with Crippen LogP contribution in [0.4, 0.5) is 11.4 Å². The van der Waals surface area contributed by atoms with Crippen LogP contribution in [0.25, 0.3) is 0 Å². The minimum atomic E-state index is -1.20. The normalized spacial score (nSPS) is 30.8. The molecule has 3 fully saturated rings. The highest BCUT2D eigenvalue weighted by atomic mass is 35.5. The highest BCUT2D eigenvalue weighted by Gasteiger charge is 2.74. The van der Waals surface area contributed by atoms with Crippen LogP contribution in [0.15, 0.2) is 30.3 Å². The van der Waals surface area contributed by atoms with Crippen molar-refractivity contribution in [2.75, 3.05) is 16.8 Å². The van der Waals surface area contributed by atoms with Gasteiger partial charge in [0.05, 0.1) is 23.2 Å². The standard InChI is InChI=1S/C24H21Cl2N3O3/c1-11-14(25)5-3-6-16(11)29-21(30)18-17-7-4-10-28(17)24(19(18)22(29)31)13-8-9-15(26)12(2)20(13)27-23(24)32/h3,5-6,8-9,17-19H,4,7,10H2,1-2H3,(H,27,32)/t17-,18+,19-,24+/m0/s1. The summed E-state index contributed by atoms with van der Waals surface area (Å²) >= 11 is 12.6.